The predicted molar refractivity (Wildman–Crippen MR) is 114 cm³/mol. The zero-order chi connectivity index (χ0) is 21.1. The molecule has 9 heteroatoms. The van der Waals surface area contributed by atoms with Crippen molar-refractivity contribution < 1.29 is 9.59 Å². The highest BCUT2D eigenvalue weighted by atomic mass is 35.5. The maximum absolute atomic E-state index is 12.5. The molecular formula is C20H19Cl2N5O2. The van der Waals surface area contributed by atoms with E-state index < -0.39 is 5.91 Å². The molecule has 0 radical (unpaired) electrons. The third-order valence-corrected chi connectivity index (χ3v) is 4.93. The number of anilines is 2. The number of amides is 2. The predicted octanol–water partition coefficient (Wildman–Crippen LogP) is 4.40. The maximum Gasteiger partial charge on any atom is 0.278 e. The highest BCUT2D eigenvalue weighted by Crippen LogP contribution is 2.23. The summed E-state index contributed by atoms with van der Waals surface area (Å²) in [4.78, 5) is 24.9. The normalized spacial score (nSPS) is 10.7. The van der Waals surface area contributed by atoms with E-state index in [2.05, 4.69) is 20.9 Å². The molecule has 0 saturated carbocycles. The highest BCUT2D eigenvalue weighted by molar-refractivity contribution is 6.35. The SMILES string of the molecule is Cc1cccc(NC(=O)Cn2nnc(C(=O)Nc3cc(Cl)cc(Cl)c3)c2C)c1C. The summed E-state index contributed by atoms with van der Waals surface area (Å²) < 4.78 is 1.38. The lowest BCUT2D eigenvalue weighted by Crippen LogP contribution is -2.21. The first-order valence-electron chi connectivity index (χ1n) is 8.78. The van der Waals surface area contributed by atoms with E-state index in [9.17, 15) is 9.59 Å². The summed E-state index contributed by atoms with van der Waals surface area (Å²) in [6.07, 6.45) is 0. The minimum absolute atomic E-state index is 0.0670. The van der Waals surface area contributed by atoms with Gasteiger partial charge in [0.2, 0.25) is 5.91 Å². The highest BCUT2D eigenvalue weighted by Gasteiger charge is 2.18. The first kappa shape index (κ1) is 20.8. The van der Waals surface area contributed by atoms with Crippen molar-refractivity contribution in [3.63, 3.8) is 0 Å². The zero-order valence-electron chi connectivity index (χ0n) is 16.1. The summed E-state index contributed by atoms with van der Waals surface area (Å²) >= 11 is 11.9. The van der Waals surface area contributed by atoms with Crippen molar-refractivity contribution in [1.82, 2.24) is 15.0 Å². The minimum Gasteiger partial charge on any atom is -0.324 e. The Hall–Kier alpha value is -2.90. The van der Waals surface area contributed by atoms with Crippen molar-refractivity contribution in [3.05, 3.63) is 69.0 Å². The molecule has 0 aliphatic heterocycles. The second-order valence-corrected chi connectivity index (χ2v) is 7.46. The van der Waals surface area contributed by atoms with E-state index in [0.29, 0.717) is 21.4 Å². The van der Waals surface area contributed by atoms with Crippen LogP contribution >= 0.6 is 23.2 Å². The molecule has 3 aromatic rings. The fraction of sp³-hybridized carbons (Fsp3) is 0.200. The monoisotopic (exact) mass is 431 g/mol. The number of carbonyl (C=O) groups is 2. The van der Waals surface area contributed by atoms with Crippen LogP contribution in [0.15, 0.2) is 36.4 Å². The first-order valence-corrected chi connectivity index (χ1v) is 9.54. The Balaban J connectivity index is 1.70. The summed E-state index contributed by atoms with van der Waals surface area (Å²) in [6.45, 7) is 5.52. The van der Waals surface area contributed by atoms with Crippen LogP contribution in [0.5, 0.6) is 0 Å². The average Bonchev–Trinajstić information content (AvgIpc) is 2.98. The Morgan fingerprint density at radius 3 is 2.41 bits per heavy atom. The summed E-state index contributed by atoms with van der Waals surface area (Å²) in [7, 11) is 0. The Morgan fingerprint density at radius 1 is 1.03 bits per heavy atom. The van der Waals surface area contributed by atoms with Crippen LogP contribution in [-0.2, 0) is 11.3 Å². The van der Waals surface area contributed by atoms with Crippen molar-refractivity contribution in [1.29, 1.82) is 0 Å². The fourth-order valence-electron chi connectivity index (χ4n) is 2.75. The molecule has 0 unspecified atom stereocenters. The van der Waals surface area contributed by atoms with Gasteiger partial charge in [0.15, 0.2) is 5.69 Å². The van der Waals surface area contributed by atoms with Gasteiger partial charge in [0.1, 0.15) is 6.54 Å². The molecule has 0 spiro atoms. The molecule has 7 nitrogen and oxygen atoms in total. The molecule has 2 amide bonds. The van der Waals surface area contributed by atoms with Crippen LogP contribution in [0.1, 0.15) is 27.3 Å². The molecule has 3 rings (SSSR count). The topological polar surface area (TPSA) is 88.9 Å². The van der Waals surface area contributed by atoms with Gasteiger partial charge in [0, 0.05) is 21.4 Å². The Kier molecular flexibility index (Phi) is 6.20. The maximum atomic E-state index is 12.5. The van der Waals surface area contributed by atoms with E-state index in [0.717, 1.165) is 16.8 Å². The van der Waals surface area contributed by atoms with Crippen molar-refractivity contribution in [2.75, 3.05) is 10.6 Å². The molecule has 150 valence electrons. The molecule has 0 bridgehead atoms. The van der Waals surface area contributed by atoms with Crippen LogP contribution in [0.2, 0.25) is 10.0 Å². The van der Waals surface area contributed by atoms with Crippen LogP contribution in [-0.4, -0.2) is 26.8 Å². The van der Waals surface area contributed by atoms with Gasteiger partial charge in [-0.15, -0.1) is 5.10 Å². The van der Waals surface area contributed by atoms with Crippen molar-refractivity contribution in [2.24, 2.45) is 0 Å². The van der Waals surface area contributed by atoms with Gasteiger partial charge < -0.3 is 10.6 Å². The second-order valence-electron chi connectivity index (χ2n) is 6.59. The molecule has 0 atom stereocenters. The number of hydrogen-bond donors (Lipinski definition) is 2. The van der Waals surface area contributed by atoms with Crippen LogP contribution in [0.4, 0.5) is 11.4 Å². The van der Waals surface area contributed by atoms with Crippen LogP contribution in [0.3, 0.4) is 0 Å². The standard InChI is InChI=1S/C20H19Cl2N5O2/c1-11-5-4-6-17(12(11)2)24-18(28)10-27-13(3)19(25-26-27)20(29)23-16-8-14(21)7-15(22)9-16/h4-9H,10H2,1-3H3,(H,23,29)(H,24,28). The van der Waals surface area contributed by atoms with Gasteiger partial charge in [0.25, 0.3) is 5.91 Å². The average molecular weight is 432 g/mol. The lowest BCUT2D eigenvalue weighted by atomic mass is 10.1. The molecule has 2 N–H and O–H groups in total. The van der Waals surface area contributed by atoms with Gasteiger partial charge >= 0.3 is 0 Å². The van der Waals surface area contributed by atoms with E-state index in [-0.39, 0.29) is 18.1 Å². The van der Waals surface area contributed by atoms with Gasteiger partial charge in [-0.1, -0.05) is 40.5 Å². The van der Waals surface area contributed by atoms with Gasteiger partial charge in [0.05, 0.1) is 5.69 Å². The third-order valence-electron chi connectivity index (χ3n) is 4.49. The molecular weight excluding hydrogens is 413 g/mol. The van der Waals surface area contributed by atoms with Gasteiger partial charge in [-0.05, 0) is 56.2 Å². The van der Waals surface area contributed by atoms with Crippen LogP contribution < -0.4 is 10.6 Å². The third kappa shape index (κ3) is 4.93. The summed E-state index contributed by atoms with van der Waals surface area (Å²) in [5.41, 5.74) is 3.83. The number of carbonyl (C=O) groups excluding carboxylic acids is 2. The van der Waals surface area contributed by atoms with E-state index in [1.165, 1.54) is 4.68 Å². The largest absolute Gasteiger partial charge is 0.324 e. The Labute approximate surface area is 178 Å². The second kappa shape index (κ2) is 8.63. The number of nitrogens with one attached hydrogen (secondary N) is 2. The number of aromatic nitrogens is 3. The number of benzene rings is 2. The number of aryl methyl sites for hydroxylation is 1. The zero-order valence-corrected chi connectivity index (χ0v) is 17.6. The minimum atomic E-state index is -0.470. The van der Waals surface area contributed by atoms with Crippen molar-refractivity contribution in [2.45, 2.75) is 27.3 Å². The quantitative estimate of drug-likeness (QED) is 0.626. The summed E-state index contributed by atoms with van der Waals surface area (Å²) in [6, 6.07) is 10.4. The summed E-state index contributed by atoms with van der Waals surface area (Å²) in [5, 5.41) is 14.2. The van der Waals surface area contributed by atoms with E-state index in [4.69, 9.17) is 23.2 Å². The molecule has 1 aromatic heterocycles. The number of hydrogen-bond acceptors (Lipinski definition) is 4. The molecule has 0 aliphatic carbocycles. The molecule has 0 aliphatic rings. The smallest absolute Gasteiger partial charge is 0.278 e. The number of rotatable bonds is 5. The van der Waals surface area contributed by atoms with E-state index >= 15 is 0 Å². The summed E-state index contributed by atoms with van der Waals surface area (Å²) in [5.74, 6) is -0.734. The Bertz CT molecular complexity index is 1070. The molecule has 29 heavy (non-hydrogen) atoms. The van der Waals surface area contributed by atoms with E-state index in [1.54, 1.807) is 25.1 Å². The van der Waals surface area contributed by atoms with Gasteiger partial charge in [-0.2, -0.15) is 0 Å². The number of nitrogens with zero attached hydrogens (tertiary/aromatic N) is 3. The van der Waals surface area contributed by atoms with E-state index in [1.807, 2.05) is 32.0 Å². The molecule has 0 fully saturated rings. The van der Waals surface area contributed by atoms with Crippen LogP contribution in [0.25, 0.3) is 0 Å². The lowest BCUT2D eigenvalue weighted by molar-refractivity contribution is -0.117. The van der Waals surface area contributed by atoms with Crippen LogP contribution in [0, 0.1) is 20.8 Å². The van der Waals surface area contributed by atoms with Gasteiger partial charge in [-0.3, -0.25) is 9.59 Å². The van der Waals surface area contributed by atoms with Gasteiger partial charge in [-0.25, -0.2) is 4.68 Å². The number of halogens is 2. The van der Waals surface area contributed by atoms with Crippen molar-refractivity contribution in [3.8, 4) is 0 Å². The lowest BCUT2D eigenvalue weighted by Gasteiger charge is -2.10. The molecule has 0 saturated heterocycles. The Morgan fingerprint density at radius 2 is 1.72 bits per heavy atom. The first-order chi connectivity index (χ1) is 13.7. The molecule has 2 aromatic carbocycles. The van der Waals surface area contributed by atoms with Crippen molar-refractivity contribution >= 4 is 46.4 Å². The molecule has 1 heterocycles. The fourth-order valence-corrected chi connectivity index (χ4v) is 3.27.